The summed E-state index contributed by atoms with van der Waals surface area (Å²) in [5, 5.41) is 18.4. The number of nitrogens with zero attached hydrogens (tertiary/aromatic N) is 2. The zero-order chi connectivity index (χ0) is 14.7. The molecule has 1 aromatic rings. The zero-order valence-corrected chi connectivity index (χ0v) is 11.3. The molecule has 2 N–H and O–H groups in total. The Kier molecular flexibility index (Phi) is 4.34. The van der Waals surface area contributed by atoms with Gasteiger partial charge in [0.1, 0.15) is 5.69 Å². The van der Waals surface area contributed by atoms with Gasteiger partial charge in [-0.2, -0.15) is 0 Å². The standard InChI is InChI=1S/C14H18N2O4/c1-9(17)10-3-6-16(7-4-10)13(18)11-2-5-15-12(8-11)14(19)20/h2,5,8-10,17H,3-4,6-7H2,1H3,(H,19,20). The molecule has 20 heavy (non-hydrogen) atoms. The van der Waals surface area contributed by atoms with Gasteiger partial charge in [0.2, 0.25) is 0 Å². The fourth-order valence-electron chi connectivity index (χ4n) is 2.45. The van der Waals surface area contributed by atoms with Crippen LogP contribution in [0, 0.1) is 5.92 Å². The first-order chi connectivity index (χ1) is 9.49. The van der Waals surface area contributed by atoms with Gasteiger partial charge in [-0.25, -0.2) is 9.78 Å². The Morgan fingerprint density at radius 2 is 2.05 bits per heavy atom. The Hall–Kier alpha value is -1.95. The molecule has 6 nitrogen and oxygen atoms in total. The number of carboxylic acids is 1. The third kappa shape index (κ3) is 3.14. The van der Waals surface area contributed by atoms with Crippen molar-refractivity contribution in [3.05, 3.63) is 29.6 Å². The number of carbonyl (C=O) groups excluding carboxylic acids is 1. The number of piperidine rings is 1. The fraction of sp³-hybridized carbons (Fsp3) is 0.500. The van der Waals surface area contributed by atoms with Crippen molar-refractivity contribution in [2.45, 2.75) is 25.9 Å². The van der Waals surface area contributed by atoms with E-state index in [1.807, 2.05) is 0 Å². The number of carbonyl (C=O) groups is 2. The molecule has 0 spiro atoms. The Balaban J connectivity index is 2.05. The molecule has 108 valence electrons. The van der Waals surface area contributed by atoms with Crippen LogP contribution in [0.1, 0.15) is 40.6 Å². The molecule has 1 aliphatic rings. The zero-order valence-electron chi connectivity index (χ0n) is 11.3. The Labute approximate surface area is 117 Å². The van der Waals surface area contributed by atoms with Crippen LogP contribution in [-0.4, -0.2) is 51.2 Å². The molecule has 0 radical (unpaired) electrons. The average molecular weight is 278 g/mol. The maximum Gasteiger partial charge on any atom is 0.354 e. The van der Waals surface area contributed by atoms with E-state index in [9.17, 15) is 14.7 Å². The first-order valence-electron chi connectivity index (χ1n) is 6.65. The maximum absolute atomic E-state index is 12.3. The number of pyridine rings is 1. The summed E-state index contributed by atoms with van der Waals surface area (Å²) in [7, 11) is 0. The predicted molar refractivity (Wildman–Crippen MR) is 71.5 cm³/mol. The van der Waals surface area contributed by atoms with Crippen molar-refractivity contribution in [3.63, 3.8) is 0 Å². The number of aliphatic hydroxyl groups is 1. The summed E-state index contributed by atoms with van der Waals surface area (Å²) in [6.45, 7) is 2.93. The highest BCUT2D eigenvalue weighted by atomic mass is 16.4. The predicted octanol–water partition coefficient (Wildman–Crippen LogP) is 1.01. The smallest absolute Gasteiger partial charge is 0.354 e. The molecule has 2 heterocycles. The summed E-state index contributed by atoms with van der Waals surface area (Å²) in [5.41, 5.74) is 0.211. The van der Waals surface area contributed by atoms with E-state index >= 15 is 0 Å². The van der Waals surface area contributed by atoms with E-state index in [1.165, 1.54) is 18.3 Å². The number of hydrogen-bond acceptors (Lipinski definition) is 4. The van der Waals surface area contributed by atoms with E-state index < -0.39 is 5.97 Å². The van der Waals surface area contributed by atoms with Crippen molar-refractivity contribution in [1.82, 2.24) is 9.88 Å². The van der Waals surface area contributed by atoms with Gasteiger partial charge in [-0.15, -0.1) is 0 Å². The number of hydrogen-bond donors (Lipinski definition) is 2. The highest BCUT2D eigenvalue weighted by molar-refractivity contribution is 5.96. The minimum absolute atomic E-state index is 0.130. The van der Waals surface area contributed by atoms with E-state index in [-0.39, 0.29) is 23.6 Å². The molecule has 1 amide bonds. The summed E-state index contributed by atoms with van der Waals surface area (Å²) in [5.74, 6) is -1.10. The first-order valence-corrected chi connectivity index (χ1v) is 6.65. The van der Waals surface area contributed by atoms with Gasteiger partial charge in [-0.3, -0.25) is 4.79 Å². The minimum atomic E-state index is -1.15. The van der Waals surface area contributed by atoms with Gasteiger partial charge < -0.3 is 15.1 Å². The first kappa shape index (κ1) is 14.5. The minimum Gasteiger partial charge on any atom is -0.477 e. The van der Waals surface area contributed by atoms with Gasteiger partial charge in [-0.05, 0) is 37.8 Å². The summed E-state index contributed by atoms with van der Waals surface area (Å²) in [6, 6.07) is 2.82. The van der Waals surface area contributed by atoms with Crippen LogP contribution < -0.4 is 0 Å². The van der Waals surface area contributed by atoms with E-state index in [1.54, 1.807) is 11.8 Å². The van der Waals surface area contributed by atoms with Crippen molar-refractivity contribution in [2.75, 3.05) is 13.1 Å². The maximum atomic E-state index is 12.3. The Morgan fingerprint density at radius 3 is 2.60 bits per heavy atom. The summed E-state index contributed by atoms with van der Waals surface area (Å²) in [4.78, 5) is 28.5. The lowest BCUT2D eigenvalue weighted by atomic mass is 9.92. The Morgan fingerprint density at radius 1 is 1.40 bits per heavy atom. The molecule has 0 aliphatic carbocycles. The van der Waals surface area contributed by atoms with Crippen LogP contribution in [0.3, 0.4) is 0 Å². The quantitative estimate of drug-likeness (QED) is 0.861. The number of rotatable bonds is 3. The monoisotopic (exact) mass is 278 g/mol. The largest absolute Gasteiger partial charge is 0.477 e. The van der Waals surface area contributed by atoms with Crippen molar-refractivity contribution in [2.24, 2.45) is 5.92 Å². The van der Waals surface area contributed by atoms with Gasteiger partial charge in [0.05, 0.1) is 6.10 Å². The molecule has 1 fully saturated rings. The second-order valence-electron chi connectivity index (χ2n) is 5.11. The van der Waals surface area contributed by atoms with Crippen molar-refractivity contribution >= 4 is 11.9 Å². The number of aromatic nitrogens is 1. The molecule has 1 aromatic heterocycles. The highest BCUT2D eigenvalue weighted by Gasteiger charge is 2.26. The van der Waals surface area contributed by atoms with Gasteiger partial charge in [0.15, 0.2) is 0 Å². The SMILES string of the molecule is CC(O)C1CCN(C(=O)c2ccnc(C(=O)O)c2)CC1. The second kappa shape index (κ2) is 6.00. The van der Waals surface area contributed by atoms with Gasteiger partial charge >= 0.3 is 5.97 Å². The van der Waals surface area contributed by atoms with Crippen LogP contribution in [-0.2, 0) is 0 Å². The van der Waals surface area contributed by atoms with Gasteiger partial charge in [-0.1, -0.05) is 0 Å². The van der Waals surface area contributed by atoms with Crippen LogP contribution in [0.5, 0.6) is 0 Å². The van der Waals surface area contributed by atoms with Crippen LogP contribution >= 0.6 is 0 Å². The van der Waals surface area contributed by atoms with E-state index in [2.05, 4.69) is 4.98 Å². The van der Waals surface area contributed by atoms with Crippen molar-refractivity contribution in [1.29, 1.82) is 0 Å². The van der Waals surface area contributed by atoms with Crippen molar-refractivity contribution in [3.8, 4) is 0 Å². The number of carboxylic acid groups (broad SMARTS) is 1. The van der Waals surface area contributed by atoms with E-state index in [0.717, 1.165) is 12.8 Å². The van der Waals surface area contributed by atoms with Gasteiger partial charge in [0.25, 0.3) is 5.91 Å². The molecular formula is C14H18N2O4. The van der Waals surface area contributed by atoms with E-state index in [4.69, 9.17) is 5.11 Å². The van der Waals surface area contributed by atoms with Crippen LogP contribution in [0.4, 0.5) is 0 Å². The highest BCUT2D eigenvalue weighted by Crippen LogP contribution is 2.21. The lowest BCUT2D eigenvalue weighted by molar-refractivity contribution is 0.0521. The molecule has 2 rings (SSSR count). The van der Waals surface area contributed by atoms with Crippen LogP contribution in [0.25, 0.3) is 0 Å². The molecular weight excluding hydrogens is 260 g/mol. The number of amides is 1. The molecule has 6 heteroatoms. The molecule has 1 aliphatic heterocycles. The summed E-state index contributed by atoms with van der Waals surface area (Å²) in [6.07, 6.45) is 2.51. The van der Waals surface area contributed by atoms with E-state index in [0.29, 0.717) is 18.7 Å². The molecule has 1 unspecified atom stereocenters. The topological polar surface area (TPSA) is 90.7 Å². The Bertz CT molecular complexity index is 508. The molecule has 1 saturated heterocycles. The molecule has 0 aromatic carbocycles. The normalized spacial score (nSPS) is 17.8. The second-order valence-corrected chi connectivity index (χ2v) is 5.11. The fourth-order valence-corrected chi connectivity index (χ4v) is 2.45. The molecule has 0 bridgehead atoms. The van der Waals surface area contributed by atoms with Gasteiger partial charge in [0, 0.05) is 24.8 Å². The lowest BCUT2D eigenvalue weighted by Gasteiger charge is -2.33. The third-order valence-electron chi connectivity index (χ3n) is 3.74. The lowest BCUT2D eigenvalue weighted by Crippen LogP contribution is -2.40. The molecule has 1 atom stereocenters. The number of likely N-dealkylation sites (tertiary alicyclic amines) is 1. The number of aliphatic hydroxyl groups excluding tert-OH is 1. The number of aromatic carboxylic acids is 1. The van der Waals surface area contributed by atoms with Crippen molar-refractivity contribution < 1.29 is 19.8 Å². The van der Waals surface area contributed by atoms with Crippen LogP contribution in [0.2, 0.25) is 0 Å². The summed E-state index contributed by atoms with van der Waals surface area (Å²) >= 11 is 0. The average Bonchev–Trinajstić information content (AvgIpc) is 2.46. The third-order valence-corrected chi connectivity index (χ3v) is 3.74. The summed E-state index contributed by atoms with van der Waals surface area (Å²) < 4.78 is 0. The molecule has 0 saturated carbocycles. The van der Waals surface area contributed by atoms with Crippen LogP contribution in [0.15, 0.2) is 18.3 Å².